The number of nitrogens with zero attached hydrogens (tertiary/aromatic N) is 3. The predicted octanol–water partition coefficient (Wildman–Crippen LogP) is 1.81. The maximum absolute atomic E-state index is 13.4. The number of fused-ring (bicyclic) bond motifs is 1. The highest BCUT2D eigenvalue weighted by Gasteiger charge is 2.16. The topological polar surface area (TPSA) is 50.2 Å². The van der Waals surface area contributed by atoms with E-state index in [1.807, 2.05) is 25.5 Å². The summed E-state index contributed by atoms with van der Waals surface area (Å²) < 4.78 is 15.3. The van der Waals surface area contributed by atoms with Crippen LogP contribution in [0.4, 0.5) is 4.39 Å². The summed E-state index contributed by atoms with van der Waals surface area (Å²) in [6.07, 6.45) is 0.693. The van der Waals surface area contributed by atoms with Gasteiger partial charge in [-0.1, -0.05) is 0 Å². The van der Waals surface area contributed by atoms with Gasteiger partial charge in [0.15, 0.2) is 0 Å². The fraction of sp³-hybridized carbons (Fsp3) is 0.500. The van der Waals surface area contributed by atoms with Crippen molar-refractivity contribution < 1.29 is 9.18 Å². The second-order valence-electron chi connectivity index (χ2n) is 5.17. The number of aromatic nitrogens is 2. The van der Waals surface area contributed by atoms with E-state index in [9.17, 15) is 9.18 Å². The number of hydrogen-bond acceptors (Lipinski definition) is 3. The standard InChI is InChI=1S/C16H23FN4O/c1-4-20(5-2)16(22)11-21-14-7-6-12(17)10-13(14)19-15(21)8-9-18-3/h6-7,10,18H,4-5,8-9,11H2,1-3H3. The summed E-state index contributed by atoms with van der Waals surface area (Å²) in [5.74, 6) is 0.544. The van der Waals surface area contributed by atoms with Crippen LogP contribution in [0.5, 0.6) is 0 Å². The minimum absolute atomic E-state index is 0.0549. The summed E-state index contributed by atoms with van der Waals surface area (Å²) in [5.41, 5.74) is 1.39. The third-order valence-corrected chi connectivity index (χ3v) is 3.80. The van der Waals surface area contributed by atoms with E-state index in [2.05, 4.69) is 10.3 Å². The van der Waals surface area contributed by atoms with Gasteiger partial charge in [0.2, 0.25) is 5.91 Å². The summed E-state index contributed by atoms with van der Waals surface area (Å²) in [6.45, 7) is 6.29. The first kappa shape index (κ1) is 16.4. The van der Waals surface area contributed by atoms with Gasteiger partial charge in [-0.05, 0) is 33.0 Å². The Labute approximate surface area is 130 Å². The largest absolute Gasteiger partial charge is 0.342 e. The van der Waals surface area contributed by atoms with Crippen molar-refractivity contribution >= 4 is 16.9 Å². The summed E-state index contributed by atoms with van der Waals surface area (Å²) in [4.78, 5) is 18.7. The SMILES string of the molecule is CCN(CC)C(=O)Cn1c(CCNC)nc2cc(F)ccc21. The van der Waals surface area contributed by atoms with Gasteiger partial charge >= 0.3 is 0 Å². The maximum atomic E-state index is 13.4. The van der Waals surface area contributed by atoms with Crippen molar-refractivity contribution in [1.29, 1.82) is 0 Å². The molecule has 0 unspecified atom stereocenters. The quantitative estimate of drug-likeness (QED) is 0.849. The Balaban J connectivity index is 2.38. The number of imidazole rings is 1. The van der Waals surface area contributed by atoms with Crippen LogP contribution in [0.15, 0.2) is 18.2 Å². The molecule has 0 atom stereocenters. The van der Waals surface area contributed by atoms with E-state index in [1.165, 1.54) is 12.1 Å². The first-order valence-corrected chi connectivity index (χ1v) is 7.67. The number of benzene rings is 1. The van der Waals surface area contributed by atoms with E-state index < -0.39 is 0 Å². The fourth-order valence-corrected chi connectivity index (χ4v) is 2.57. The molecule has 2 rings (SSSR count). The lowest BCUT2D eigenvalue weighted by Gasteiger charge is -2.19. The molecule has 1 amide bonds. The monoisotopic (exact) mass is 306 g/mol. The van der Waals surface area contributed by atoms with Crippen molar-refractivity contribution in [3.8, 4) is 0 Å². The van der Waals surface area contributed by atoms with Gasteiger partial charge in [0.25, 0.3) is 0 Å². The second-order valence-corrected chi connectivity index (χ2v) is 5.17. The van der Waals surface area contributed by atoms with Crippen molar-refractivity contribution in [3.05, 3.63) is 29.8 Å². The van der Waals surface area contributed by atoms with Crippen molar-refractivity contribution in [2.24, 2.45) is 0 Å². The number of amides is 1. The van der Waals surface area contributed by atoms with Crippen molar-refractivity contribution in [1.82, 2.24) is 19.8 Å². The number of likely N-dealkylation sites (N-methyl/N-ethyl adjacent to an activating group) is 2. The molecule has 22 heavy (non-hydrogen) atoms. The molecule has 1 aromatic carbocycles. The average Bonchev–Trinajstić information content (AvgIpc) is 2.83. The van der Waals surface area contributed by atoms with Crippen LogP contribution in [0.25, 0.3) is 11.0 Å². The van der Waals surface area contributed by atoms with Crippen LogP contribution in [-0.4, -0.2) is 47.0 Å². The van der Waals surface area contributed by atoms with Gasteiger partial charge < -0.3 is 14.8 Å². The van der Waals surface area contributed by atoms with E-state index in [0.29, 0.717) is 25.0 Å². The van der Waals surface area contributed by atoms with E-state index in [-0.39, 0.29) is 18.3 Å². The normalized spacial score (nSPS) is 11.1. The fourth-order valence-electron chi connectivity index (χ4n) is 2.57. The van der Waals surface area contributed by atoms with Crippen LogP contribution < -0.4 is 5.32 Å². The first-order valence-electron chi connectivity index (χ1n) is 7.67. The number of carbonyl (C=O) groups excluding carboxylic acids is 1. The number of hydrogen-bond donors (Lipinski definition) is 1. The van der Waals surface area contributed by atoms with Gasteiger partial charge in [-0.15, -0.1) is 0 Å². The molecule has 1 heterocycles. The van der Waals surface area contributed by atoms with Gasteiger partial charge in [0, 0.05) is 32.1 Å². The molecule has 0 saturated heterocycles. The molecular weight excluding hydrogens is 283 g/mol. The van der Waals surface area contributed by atoms with Crippen LogP contribution in [0.2, 0.25) is 0 Å². The van der Waals surface area contributed by atoms with Gasteiger partial charge in [-0.2, -0.15) is 0 Å². The molecule has 120 valence electrons. The zero-order chi connectivity index (χ0) is 16.1. The predicted molar refractivity (Wildman–Crippen MR) is 85.2 cm³/mol. The summed E-state index contributed by atoms with van der Waals surface area (Å²) in [6, 6.07) is 4.51. The summed E-state index contributed by atoms with van der Waals surface area (Å²) in [7, 11) is 1.87. The molecule has 1 N–H and O–H groups in total. The molecule has 0 fully saturated rings. The Morgan fingerprint density at radius 3 is 2.73 bits per heavy atom. The Morgan fingerprint density at radius 1 is 1.36 bits per heavy atom. The van der Waals surface area contributed by atoms with E-state index in [1.54, 1.807) is 11.0 Å². The van der Waals surface area contributed by atoms with Crippen molar-refractivity contribution in [2.45, 2.75) is 26.8 Å². The lowest BCUT2D eigenvalue weighted by Crippen LogP contribution is -2.34. The lowest BCUT2D eigenvalue weighted by atomic mass is 10.3. The number of nitrogens with one attached hydrogen (secondary N) is 1. The second kappa shape index (κ2) is 7.35. The molecule has 0 radical (unpaired) electrons. The summed E-state index contributed by atoms with van der Waals surface area (Å²) >= 11 is 0. The number of carbonyl (C=O) groups is 1. The molecule has 5 nitrogen and oxygen atoms in total. The van der Waals surface area contributed by atoms with Gasteiger partial charge in [0.1, 0.15) is 18.2 Å². The molecule has 0 aliphatic heterocycles. The summed E-state index contributed by atoms with van der Waals surface area (Å²) in [5, 5.41) is 3.07. The van der Waals surface area contributed by atoms with Gasteiger partial charge in [-0.3, -0.25) is 4.79 Å². The highest BCUT2D eigenvalue weighted by molar-refractivity contribution is 5.81. The van der Waals surface area contributed by atoms with Crippen molar-refractivity contribution in [2.75, 3.05) is 26.7 Å². The van der Waals surface area contributed by atoms with Crippen LogP contribution >= 0.6 is 0 Å². The average molecular weight is 306 g/mol. The van der Waals surface area contributed by atoms with Crippen molar-refractivity contribution in [3.63, 3.8) is 0 Å². The van der Waals surface area contributed by atoms with Crippen LogP contribution in [0.1, 0.15) is 19.7 Å². The molecular formula is C16H23FN4O. The molecule has 0 saturated carbocycles. The highest BCUT2D eigenvalue weighted by atomic mass is 19.1. The zero-order valence-corrected chi connectivity index (χ0v) is 13.4. The Hall–Kier alpha value is -1.95. The Morgan fingerprint density at radius 2 is 2.09 bits per heavy atom. The van der Waals surface area contributed by atoms with Gasteiger partial charge in [0.05, 0.1) is 11.0 Å². The number of halogens is 1. The first-order chi connectivity index (χ1) is 10.6. The van der Waals surface area contributed by atoms with Crippen LogP contribution in [0, 0.1) is 5.82 Å². The molecule has 2 aromatic rings. The van der Waals surface area contributed by atoms with E-state index in [4.69, 9.17) is 0 Å². The maximum Gasteiger partial charge on any atom is 0.242 e. The van der Waals surface area contributed by atoms with E-state index in [0.717, 1.165) is 17.9 Å². The highest BCUT2D eigenvalue weighted by Crippen LogP contribution is 2.18. The molecule has 6 heteroatoms. The van der Waals surface area contributed by atoms with Crippen LogP contribution in [-0.2, 0) is 17.8 Å². The smallest absolute Gasteiger partial charge is 0.242 e. The van der Waals surface area contributed by atoms with Gasteiger partial charge in [-0.25, -0.2) is 9.37 Å². The zero-order valence-electron chi connectivity index (χ0n) is 13.4. The lowest BCUT2D eigenvalue weighted by molar-refractivity contribution is -0.131. The molecule has 0 aliphatic carbocycles. The third kappa shape index (κ3) is 3.44. The Kier molecular flexibility index (Phi) is 5.49. The molecule has 0 aliphatic rings. The van der Waals surface area contributed by atoms with E-state index >= 15 is 0 Å². The minimum Gasteiger partial charge on any atom is -0.342 e. The molecule has 0 bridgehead atoms. The number of rotatable bonds is 7. The third-order valence-electron chi connectivity index (χ3n) is 3.80. The minimum atomic E-state index is -0.313. The molecule has 0 spiro atoms. The Bertz CT molecular complexity index is 649. The van der Waals surface area contributed by atoms with Crippen LogP contribution in [0.3, 0.4) is 0 Å². The molecule has 1 aromatic heterocycles.